The minimum atomic E-state index is 0.128. The fourth-order valence-electron chi connectivity index (χ4n) is 2.07. The molecule has 0 amide bonds. The lowest BCUT2D eigenvalue weighted by atomic mass is 10.1. The monoisotopic (exact) mass is 303 g/mol. The Kier molecular flexibility index (Phi) is 8.67. The van der Waals surface area contributed by atoms with E-state index in [4.69, 9.17) is 16.3 Å². The lowest BCUT2D eigenvalue weighted by molar-refractivity contribution is -0.0108. The Morgan fingerprint density at radius 1 is 1.32 bits per heavy atom. The number of unbranched alkanes of at least 4 members (excludes halogenated alkanes) is 3. The predicted molar refractivity (Wildman–Crippen MR) is 84.0 cm³/mol. The van der Waals surface area contributed by atoms with Crippen molar-refractivity contribution in [2.75, 3.05) is 0 Å². The van der Waals surface area contributed by atoms with Gasteiger partial charge in [-0.25, -0.2) is 4.98 Å². The molecule has 0 bridgehead atoms. The molecule has 0 aromatic carbocycles. The van der Waals surface area contributed by atoms with Crippen LogP contribution in [0.2, 0.25) is 0 Å². The molecule has 4 heteroatoms. The van der Waals surface area contributed by atoms with Crippen molar-refractivity contribution in [3.8, 4) is 0 Å². The average molecular weight is 304 g/mol. The molecule has 0 fully saturated rings. The Morgan fingerprint density at radius 2 is 2.11 bits per heavy atom. The molecule has 0 aliphatic carbocycles. The van der Waals surface area contributed by atoms with Gasteiger partial charge in [-0.3, -0.25) is 0 Å². The predicted octanol–water partition coefficient (Wildman–Crippen LogP) is 5.71. The van der Waals surface area contributed by atoms with E-state index in [0.717, 1.165) is 23.5 Å². The first-order valence-corrected chi connectivity index (χ1v) is 8.78. The first-order chi connectivity index (χ1) is 9.21. The summed E-state index contributed by atoms with van der Waals surface area (Å²) >= 11 is 7.46. The number of rotatable bonds is 10. The highest BCUT2D eigenvalue weighted by Gasteiger charge is 2.17. The van der Waals surface area contributed by atoms with Crippen molar-refractivity contribution in [2.24, 2.45) is 0 Å². The van der Waals surface area contributed by atoms with Crippen LogP contribution in [0.4, 0.5) is 0 Å². The van der Waals surface area contributed by atoms with Gasteiger partial charge in [-0.15, -0.1) is 22.9 Å². The molecule has 2 atom stereocenters. The highest BCUT2D eigenvalue weighted by atomic mass is 35.5. The van der Waals surface area contributed by atoms with Crippen LogP contribution < -0.4 is 0 Å². The lowest BCUT2D eigenvalue weighted by Crippen LogP contribution is -2.13. The molecule has 0 aliphatic rings. The number of halogens is 1. The molecule has 0 N–H and O–H groups in total. The Labute approximate surface area is 126 Å². The van der Waals surface area contributed by atoms with Crippen LogP contribution in [0.3, 0.4) is 0 Å². The maximum Gasteiger partial charge on any atom is 0.122 e. The van der Waals surface area contributed by atoms with Crippen molar-refractivity contribution in [1.82, 2.24) is 4.98 Å². The van der Waals surface area contributed by atoms with Crippen molar-refractivity contribution >= 4 is 22.9 Å². The summed E-state index contributed by atoms with van der Waals surface area (Å²) in [5, 5.41) is 3.10. The molecule has 0 aliphatic heterocycles. The Hall–Kier alpha value is -0.120. The van der Waals surface area contributed by atoms with Gasteiger partial charge in [-0.1, -0.05) is 39.5 Å². The number of ether oxygens (including phenoxy) is 1. The van der Waals surface area contributed by atoms with E-state index < -0.39 is 0 Å². The maximum absolute atomic E-state index is 6.13. The number of alkyl halides is 1. The Morgan fingerprint density at radius 3 is 2.68 bits per heavy atom. The largest absolute Gasteiger partial charge is 0.368 e. The van der Waals surface area contributed by atoms with E-state index in [0.29, 0.717) is 12.0 Å². The molecule has 2 unspecified atom stereocenters. The molecule has 1 aromatic rings. The summed E-state index contributed by atoms with van der Waals surface area (Å²) in [5.74, 6) is 0.486. The zero-order valence-corrected chi connectivity index (χ0v) is 13.9. The second-order valence-electron chi connectivity index (χ2n) is 5.00. The number of thiazole rings is 1. The van der Waals surface area contributed by atoms with Crippen LogP contribution in [0.1, 0.15) is 76.1 Å². The van der Waals surface area contributed by atoms with Gasteiger partial charge in [0.25, 0.3) is 0 Å². The third-order valence-corrected chi connectivity index (χ3v) is 4.47. The fourth-order valence-corrected chi connectivity index (χ4v) is 3.23. The molecular weight excluding hydrogens is 278 g/mol. The molecule has 110 valence electrons. The molecule has 1 heterocycles. The molecule has 0 radical (unpaired) electrons. The average Bonchev–Trinajstić information content (AvgIpc) is 2.89. The third-order valence-electron chi connectivity index (χ3n) is 3.21. The quantitative estimate of drug-likeness (QED) is 0.408. The third kappa shape index (κ3) is 6.24. The molecule has 19 heavy (non-hydrogen) atoms. The highest BCUT2D eigenvalue weighted by molar-refractivity contribution is 7.09. The summed E-state index contributed by atoms with van der Waals surface area (Å²) in [6, 6.07) is 0. The van der Waals surface area contributed by atoms with E-state index in [2.05, 4.69) is 25.8 Å². The molecular formula is C15H26ClNOS. The SMILES string of the molecule is CCCCCCC(C)OC(CC)c1nc(CCl)cs1. The highest BCUT2D eigenvalue weighted by Crippen LogP contribution is 2.27. The number of hydrogen-bond donors (Lipinski definition) is 0. The van der Waals surface area contributed by atoms with Crippen LogP contribution in [-0.4, -0.2) is 11.1 Å². The van der Waals surface area contributed by atoms with Crippen molar-refractivity contribution < 1.29 is 4.74 Å². The van der Waals surface area contributed by atoms with Crippen molar-refractivity contribution in [3.05, 3.63) is 16.1 Å². The first kappa shape index (κ1) is 16.9. The summed E-state index contributed by atoms with van der Waals surface area (Å²) in [6.45, 7) is 6.56. The molecule has 1 rings (SSSR count). The van der Waals surface area contributed by atoms with Crippen LogP contribution in [0, 0.1) is 0 Å². The van der Waals surface area contributed by atoms with Gasteiger partial charge in [0.05, 0.1) is 17.7 Å². The van der Waals surface area contributed by atoms with E-state index >= 15 is 0 Å². The minimum absolute atomic E-state index is 0.128. The number of nitrogens with zero attached hydrogens (tertiary/aromatic N) is 1. The maximum atomic E-state index is 6.13. The standard InChI is InChI=1S/C15H26ClNOS/c1-4-6-7-8-9-12(3)18-14(5-2)15-17-13(10-16)11-19-15/h11-12,14H,4-10H2,1-3H3. The van der Waals surface area contributed by atoms with E-state index in [9.17, 15) is 0 Å². The lowest BCUT2D eigenvalue weighted by Gasteiger charge is -2.19. The van der Waals surface area contributed by atoms with E-state index in [1.54, 1.807) is 11.3 Å². The van der Waals surface area contributed by atoms with Gasteiger partial charge in [-0.05, 0) is 19.8 Å². The molecule has 0 saturated carbocycles. The van der Waals surface area contributed by atoms with Crippen molar-refractivity contribution in [2.45, 2.75) is 77.4 Å². The van der Waals surface area contributed by atoms with Gasteiger partial charge in [0.15, 0.2) is 0 Å². The molecule has 0 saturated heterocycles. The van der Waals surface area contributed by atoms with Crippen LogP contribution in [-0.2, 0) is 10.6 Å². The van der Waals surface area contributed by atoms with Gasteiger partial charge in [0.2, 0.25) is 0 Å². The smallest absolute Gasteiger partial charge is 0.122 e. The molecule has 1 aromatic heterocycles. The topological polar surface area (TPSA) is 22.1 Å². The number of aromatic nitrogens is 1. The summed E-state index contributed by atoms with van der Waals surface area (Å²) in [6.07, 6.45) is 7.74. The van der Waals surface area contributed by atoms with Gasteiger partial charge in [0, 0.05) is 5.38 Å². The van der Waals surface area contributed by atoms with Gasteiger partial charge < -0.3 is 4.74 Å². The van der Waals surface area contributed by atoms with Gasteiger partial charge in [0.1, 0.15) is 11.1 Å². The van der Waals surface area contributed by atoms with Gasteiger partial charge >= 0.3 is 0 Å². The number of hydrogen-bond acceptors (Lipinski definition) is 3. The van der Waals surface area contributed by atoms with Crippen LogP contribution in [0.5, 0.6) is 0 Å². The summed E-state index contributed by atoms with van der Waals surface area (Å²) < 4.78 is 6.13. The summed E-state index contributed by atoms with van der Waals surface area (Å²) in [5.41, 5.74) is 0.958. The van der Waals surface area contributed by atoms with Crippen molar-refractivity contribution in [3.63, 3.8) is 0 Å². The second kappa shape index (κ2) is 9.73. The second-order valence-corrected chi connectivity index (χ2v) is 6.16. The molecule has 2 nitrogen and oxygen atoms in total. The van der Waals surface area contributed by atoms with E-state index in [-0.39, 0.29) is 6.10 Å². The zero-order valence-electron chi connectivity index (χ0n) is 12.3. The Balaban J connectivity index is 2.38. The zero-order chi connectivity index (χ0) is 14.1. The summed E-state index contributed by atoms with van der Waals surface area (Å²) in [7, 11) is 0. The van der Waals surface area contributed by atoms with Crippen LogP contribution >= 0.6 is 22.9 Å². The normalized spacial score (nSPS) is 14.5. The van der Waals surface area contributed by atoms with Crippen molar-refractivity contribution in [1.29, 1.82) is 0 Å². The fraction of sp³-hybridized carbons (Fsp3) is 0.800. The molecule has 0 spiro atoms. The first-order valence-electron chi connectivity index (χ1n) is 7.36. The van der Waals surface area contributed by atoms with E-state index in [1.807, 2.05) is 5.38 Å². The minimum Gasteiger partial charge on any atom is -0.368 e. The van der Waals surface area contributed by atoms with Crippen LogP contribution in [0.25, 0.3) is 0 Å². The summed E-state index contributed by atoms with van der Waals surface area (Å²) in [4.78, 5) is 4.52. The van der Waals surface area contributed by atoms with Crippen LogP contribution in [0.15, 0.2) is 5.38 Å². The Bertz CT molecular complexity index is 343. The van der Waals surface area contributed by atoms with E-state index in [1.165, 1.54) is 25.7 Å². The van der Waals surface area contributed by atoms with Gasteiger partial charge in [-0.2, -0.15) is 0 Å².